The predicted octanol–water partition coefficient (Wildman–Crippen LogP) is -6.64. The zero-order valence-corrected chi connectivity index (χ0v) is 25.0. The SMILES string of the molecule is COC1OC(CO)C(O[C@@H]2O[C@H](CO)C(O[C@@H]3OC(C)[C@@H](NC4C=C(CO)C(C)[C@H](O)C4O)C(O)[C@H]3O)[C@H](O)C2O)C(O)[C@H]1O. The van der Waals surface area contributed by atoms with E-state index in [2.05, 4.69) is 5.32 Å². The van der Waals surface area contributed by atoms with E-state index in [1.165, 1.54) is 20.1 Å². The molecule has 0 aromatic rings. The maximum atomic E-state index is 11.0. The quantitative estimate of drug-likeness (QED) is 0.0972. The molecular formula is C27H47NO17. The van der Waals surface area contributed by atoms with Crippen LogP contribution in [0.25, 0.3) is 0 Å². The van der Waals surface area contributed by atoms with Gasteiger partial charge < -0.3 is 89.9 Å². The summed E-state index contributed by atoms with van der Waals surface area (Å²) in [7, 11) is 1.22. The average Bonchev–Trinajstić information content (AvgIpc) is 3.03. The number of hydrogen-bond acceptors (Lipinski definition) is 18. The monoisotopic (exact) mass is 657 g/mol. The van der Waals surface area contributed by atoms with Gasteiger partial charge in [-0.2, -0.15) is 0 Å². The lowest BCUT2D eigenvalue weighted by Crippen LogP contribution is -2.68. The topological polar surface area (TPSA) is 290 Å². The van der Waals surface area contributed by atoms with Gasteiger partial charge in [0.25, 0.3) is 0 Å². The standard InChI is InChI=1S/C27H47NO17/c1-8-10(5-29)4-11(16(33)15(8)32)28-14-9(2)41-26(20(37)17(14)34)44-24-13(7-31)43-27(22(39)19(24)36)45-23-12(6-30)42-25(40-3)21(38)18(23)35/h4,8-9,11-39H,5-7H2,1-3H3/t8?,9?,11?,12?,13-,14-,15+,16?,17?,18?,19-,20-,21-,22?,23?,24?,25?,26+,27+/m1/s1. The van der Waals surface area contributed by atoms with Gasteiger partial charge in [-0.05, 0) is 12.5 Å². The van der Waals surface area contributed by atoms with E-state index in [-0.39, 0.29) is 6.61 Å². The minimum absolute atomic E-state index is 0.357. The molecule has 12 N–H and O–H groups in total. The van der Waals surface area contributed by atoms with Crippen LogP contribution in [0.15, 0.2) is 11.6 Å². The van der Waals surface area contributed by atoms with Crippen LogP contribution >= 0.6 is 0 Å². The van der Waals surface area contributed by atoms with E-state index in [0.717, 1.165) is 0 Å². The van der Waals surface area contributed by atoms with Gasteiger partial charge in [-0.15, -0.1) is 0 Å². The smallest absolute Gasteiger partial charge is 0.187 e. The average molecular weight is 658 g/mol. The van der Waals surface area contributed by atoms with Gasteiger partial charge in [0.15, 0.2) is 18.9 Å². The maximum Gasteiger partial charge on any atom is 0.187 e. The Bertz CT molecular complexity index is 974. The summed E-state index contributed by atoms with van der Waals surface area (Å²) in [5, 5.41) is 118. The lowest BCUT2D eigenvalue weighted by Gasteiger charge is -2.48. The van der Waals surface area contributed by atoms with Crippen LogP contribution in [0.3, 0.4) is 0 Å². The summed E-state index contributed by atoms with van der Waals surface area (Å²) in [6, 6.07) is -1.91. The van der Waals surface area contributed by atoms with Crippen molar-refractivity contribution in [3.63, 3.8) is 0 Å². The van der Waals surface area contributed by atoms with Crippen molar-refractivity contribution in [2.45, 2.75) is 124 Å². The molecule has 18 nitrogen and oxygen atoms in total. The van der Waals surface area contributed by atoms with E-state index in [9.17, 15) is 56.2 Å². The molecule has 4 aliphatic rings. The van der Waals surface area contributed by atoms with Crippen molar-refractivity contribution in [1.29, 1.82) is 0 Å². The third-order valence-electron chi connectivity index (χ3n) is 9.08. The van der Waals surface area contributed by atoms with Crippen LogP contribution < -0.4 is 5.32 Å². The molecule has 3 fully saturated rings. The minimum atomic E-state index is -1.88. The number of methoxy groups -OCH3 is 1. The molecule has 0 aromatic carbocycles. The van der Waals surface area contributed by atoms with E-state index >= 15 is 0 Å². The first-order chi connectivity index (χ1) is 21.3. The Morgan fingerprint density at radius 3 is 1.64 bits per heavy atom. The summed E-state index contributed by atoms with van der Waals surface area (Å²) in [6.07, 6.45) is -22.4. The molecule has 3 aliphatic heterocycles. The highest BCUT2D eigenvalue weighted by Crippen LogP contribution is 2.33. The van der Waals surface area contributed by atoms with Crippen LogP contribution in [0.4, 0.5) is 0 Å². The third-order valence-corrected chi connectivity index (χ3v) is 9.08. The lowest BCUT2D eigenvalue weighted by molar-refractivity contribution is -0.375. The highest BCUT2D eigenvalue weighted by molar-refractivity contribution is 5.20. The van der Waals surface area contributed by atoms with E-state index < -0.39 is 129 Å². The molecule has 0 spiro atoms. The molecule has 3 heterocycles. The summed E-state index contributed by atoms with van der Waals surface area (Å²) >= 11 is 0. The van der Waals surface area contributed by atoms with Crippen molar-refractivity contribution >= 4 is 0 Å². The summed E-state index contributed by atoms with van der Waals surface area (Å²) in [5.41, 5.74) is 0.473. The van der Waals surface area contributed by atoms with Gasteiger partial charge in [0.2, 0.25) is 0 Å². The maximum absolute atomic E-state index is 11.0. The Morgan fingerprint density at radius 2 is 1.13 bits per heavy atom. The molecule has 0 bridgehead atoms. The van der Waals surface area contributed by atoms with Crippen LogP contribution in [-0.4, -0.2) is 193 Å². The number of aliphatic hydroxyl groups is 11. The highest BCUT2D eigenvalue weighted by atomic mass is 16.8. The van der Waals surface area contributed by atoms with Crippen molar-refractivity contribution in [1.82, 2.24) is 5.32 Å². The van der Waals surface area contributed by atoms with Gasteiger partial charge in [-0.1, -0.05) is 13.0 Å². The molecule has 262 valence electrons. The fourth-order valence-corrected chi connectivity index (χ4v) is 6.21. The molecule has 19 atom stereocenters. The summed E-state index contributed by atoms with van der Waals surface area (Å²) in [5.74, 6) is -0.507. The van der Waals surface area contributed by atoms with Gasteiger partial charge in [0.05, 0.1) is 50.2 Å². The fourth-order valence-electron chi connectivity index (χ4n) is 6.21. The van der Waals surface area contributed by atoms with Crippen molar-refractivity contribution in [3.05, 3.63) is 11.6 Å². The first kappa shape index (κ1) is 36.8. The Hall–Kier alpha value is -0.980. The second-order valence-electron chi connectivity index (χ2n) is 11.9. The van der Waals surface area contributed by atoms with Gasteiger partial charge in [-0.3, -0.25) is 0 Å². The van der Waals surface area contributed by atoms with Gasteiger partial charge in [-0.25, -0.2) is 0 Å². The number of ether oxygens (including phenoxy) is 6. The van der Waals surface area contributed by atoms with Crippen LogP contribution in [0.5, 0.6) is 0 Å². The molecule has 0 radical (unpaired) electrons. The molecule has 45 heavy (non-hydrogen) atoms. The molecule has 0 amide bonds. The Balaban J connectivity index is 1.42. The normalized spacial score (nSPS) is 51.2. The van der Waals surface area contributed by atoms with Crippen LogP contribution in [0.2, 0.25) is 0 Å². The Morgan fingerprint density at radius 1 is 0.644 bits per heavy atom. The largest absolute Gasteiger partial charge is 0.394 e. The number of rotatable bonds is 10. The first-order valence-corrected chi connectivity index (χ1v) is 14.8. The van der Waals surface area contributed by atoms with Crippen molar-refractivity contribution in [2.24, 2.45) is 5.92 Å². The number of aliphatic hydroxyl groups excluding tert-OH is 11. The molecule has 11 unspecified atom stereocenters. The number of hydrogen-bond donors (Lipinski definition) is 12. The molecule has 3 saturated heterocycles. The van der Waals surface area contributed by atoms with Crippen LogP contribution in [-0.2, 0) is 28.4 Å². The van der Waals surface area contributed by atoms with E-state index in [1.807, 2.05) is 0 Å². The van der Waals surface area contributed by atoms with Gasteiger partial charge >= 0.3 is 0 Å². The predicted molar refractivity (Wildman–Crippen MR) is 146 cm³/mol. The first-order valence-electron chi connectivity index (χ1n) is 14.8. The van der Waals surface area contributed by atoms with E-state index in [4.69, 9.17) is 28.4 Å². The van der Waals surface area contributed by atoms with E-state index in [0.29, 0.717) is 5.57 Å². The van der Waals surface area contributed by atoms with Crippen molar-refractivity contribution in [3.8, 4) is 0 Å². The summed E-state index contributed by atoms with van der Waals surface area (Å²) in [6.45, 7) is 1.35. The van der Waals surface area contributed by atoms with Crippen molar-refractivity contribution in [2.75, 3.05) is 26.9 Å². The zero-order chi connectivity index (χ0) is 33.3. The minimum Gasteiger partial charge on any atom is -0.394 e. The summed E-state index contributed by atoms with van der Waals surface area (Å²) in [4.78, 5) is 0. The number of nitrogens with one attached hydrogen (secondary N) is 1. The van der Waals surface area contributed by atoms with Gasteiger partial charge in [0.1, 0.15) is 61.0 Å². The highest BCUT2D eigenvalue weighted by Gasteiger charge is 2.53. The fraction of sp³-hybridized carbons (Fsp3) is 0.926. The molecule has 18 heteroatoms. The molecule has 1 aliphatic carbocycles. The van der Waals surface area contributed by atoms with Gasteiger partial charge in [0, 0.05) is 13.0 Å². The zero-order valence-electron chi connectivity index (χ0n) is 25.0. The lowest BCUT2D eigenvalue weighted by atomic mass is 9.81. The molecule has 0 saturated carbocycles. The third kappa shape index (κ3) is 7.38. The van der Waals surface area contributed by atoms with Crippen molar-refractivity contribution < 1.29 is 84.6 Å². The molecule has 0 aromatic heterocycles. The van der Waals surface area contributed by atoms with Crippen LogP contribution in [0, 0.1) is 5.92 Å². The van der Waals surface area contributed by atoms with E-state index in [1.54, 1.807) is 6.92 Å². The second-order valence-corrected chi connectivity index (χ2v) is 11.9. The Kier molecular flexibility index (Phi) is 12.7. The second kappa shape index (κ2) is 15.5. The summed E-state index contributed by atoms with van der Waals surface area (Å²) < 4.78 is 33.0. The van der Waals surface area contributed by atoms with Crippen LogP contribution in [0.1, 0.15) is 13.8 Å². The molecular weight excluding hydrogens is 610 g/mol. The molecule has 4 rings (SSSR count). The Labute approximate surface area is 258 Å².